The molecule has 0 atom stereocenters. The van der Waals surface area contributed by atoms with Crippen LogP contribution in [0.2, 0.25) is 18.1 Å². The van der Waals surface area contributed by atoms with Crippen molar-refractivity contribution in [3.8, 4) is 0 Å². The first-order chi connectivity index (χ1) is 6.66. The summed E-state index contributed by atoms with van der Waals surface area (Å²) >= 11 is 0. The van der Waals surface area contributed by atoms with Gasteiger partial charge in [-0.15, -0.1) is 0 Å². The molecule has 0 N–H and O–H groups in total. The number of unbranched alkanes of at least 4 members (excludes halogenated alkanes) is 2. The van der Waals surface area contributed by atoms with Crippen LogP contribution in [0.1, 0.15) is 53.4 Å². The molecule has 0 heterocycles. The Hall–Kier alpha value is -0.113. The second-order valence-corrected chi connectivity index (χ2v) is 9.46. The summed E-state index contributed by atoms with van der Waals surface area (Å²) in [5.41, 5.74) is 0. The average Bonchev–Trinajstić information content (AvgIpc) is 2.22. The molecule has 0 rings (SSSR count). The van der Waals surface area contributed by atoms with E-state index in [9.17, 15) is 4.79 Å². The maximum Gasteiger partial charge on any atom is 0.132 e. The minimum atomic E-state index is -1.51. The minimum Gasteiger partial charge on any atom is -0.305 e. The zero-order chi connectivity index (χ0) is 11.0. The second-order valence-electron chi connectivity index (χ2n) is 4.22. The Kier molecular flexibility index (Phi) is 7.16. The summed E-state index contributed by atoms with van der Waals surface area (Å²) in [5.74, 6) is 0. The van der Waals surface area contributed by atoms with E-state index in [-0.39, 0.29) is 0 Å². The van der Waals surface area contributed by atoms with Crippen LogP contribution in [-0.2, 0) is 4.79 Å². The Labute approximate surface area is 90.3 Å². The van der Waals surface area contributed by atoms with Crippen LogP contribution in [0.5, 0.6) is 0 Å². The van der Waals surface area contributed by atoms with Gasteiger partial charge in [0.2, 0.25) is 0 Å². The predicted octanol–water partition coefficient (Wildman–Crippen LogP) is 4.18. The van der Waals surface area contributed by atoms with Crippen molar-refractivity contribution >= 4 is 13.5 Å². The average molecular weight is 214 g/mol. The Morgan fingerprint density at radius 3 is 1.79 bits per heavy atom. The Bertz CT molecular complexity index is 153. The van der Waals surface area contributed by atoms with Gasteiger partial charge in [-0.2, -0.15) is 0 Å². The molecule has 0 amide bonds. The van der Waals surface area contributed by atoms with Crippen LogP contribution in [-0.4, -0.2) is 13.5 Å². The molecule has 0 fully saturated rings. The molecule has 2 heteroatoms. The largest absolute Gasteiger partial charge is 0.305 e. The number of hydrogen-bond acceptors (Lipinski definition) is 1. The van der Waals surface area contributed by atoms with Gasteiger partial charge in [0.1, 0.15) is 13.5 Å². The third-order valence-electron chi connectivity index (χ3n) is 3.63. The molecule has 1 nitrogen and oxygen atoms in total. The van der Waals surface area contributed by atoms with Crippen LogP contribution in [0.15, 0.2) is 0 Å². The predicted molar refractivity (Wildman–Crippen MR) is 66.3 cm³/mol. The van der Waals surface area contributed by atoms with Gasteiger partial charge in [0.05, 0.1) is 0 Å². The van der Waals surface area contributed by atoms with Crippen molar-refractivity contribution in [3.05, 3.63) is 0 Å². The van der Waals surface area contributed by atoms with Gasteiger partial charge in [-0.05, 0) is 6.42 Å². The van der Waals surface area contributed by atoms with Gasteiger partial charge in [-0.25, -0.2) is 0 Å². The summed E-state index contributed by atoms with van der Waals surface area (Å²) in [6, 6.07) is 3.43. The van der Waals surface area contributed by atoms with Gasteiger partial charge >= 0.3 is 0 Å². The molecule has 0 aromatic rings. The maximum atomic E-state index is 12.1. The third kappa shape index (κ3) is 3.56. The SMILES string of the molecule is CCCCCC(=O)[Si](CC)(CC)CC. The molecular weight excluding hydrogens is 188 g/mol. The summed E-state index contributed by atoms with van der Waals surface area (Å²) in [6.45, 7) is 8.81. The quantitative estimate of drug-likeness (QED) is 0.437. The maximum absolute atomic E-state index is 12.1. The molecule has 0 bridgehead atoms. The van der Waals surface area contributed by atoms with Crippen molar-refractivity contribution in [1.82, 2.24) is 0 Å². The van der Waals surface area contributed by atoms with Gasteiger partial charge in [-0.1, -0.05) is 58.7 Å². The van der Waals surface area contributed by atoms with Crippen molar-refractivity contribution in [2.45, 2.75) is 71.5 Å². The van der Waals surface area contributed by atoms with E-state index in [1.54, 1.807) is 0 Å². The smallest absolute Gasteiger partial charge is 0.132 e. The van der Waals surface area contributed by atoms with Gasteiger partial charge < -0.3 is 4.79 Å². The highest BCUT2D eigenvalue weighted by Gasteiger charge is 2.34. The molecule has 0 unspecified atom stereocenters. The van der Waals surface area contributed by atoms with Crippen molar-refractivity contribution in [3.63, 3.8) is 0 Å². The molecule has 0 aliphatic heterocycles. The Morgan fingerprint density at radius 2 is 1.43 bits per heavy atom. The van der Waals surface area contributed by atoms with Crippen LogP contribution in [0.25, 0.3) is 0 Å². The monoisotopic (exact) mass is 214 g/mol. The van der Waals surface area contributed by atoms with Crippen LogP contribution in [0.3, 0.4) is 0 Å². The van der Waals surface area contributed by atoms with E-state index in [1.807, 2.05) is 0 Å². The normalized spacial score (nSPS) is 11.7. The summed E-state index contributed by atoms with van der Waals surface area (Å²) < 4.78 is 0. The van der Waals surface area contributed by atoms with Crippen molar-refractivity contribution in [1.29, 1.82) is 0 Å². The van der Waals surface area contributed by atoms with E-state index in [0.717, 1.165) is 31.0 Å². The van der Waals surface area contributed by atoms with Crippen molar-refractivity contribution in [2.24, 2.45) is 0 Å². The number of carbonyl (C=O) groups is 1. The minimum absolute atomic E-state index is 0.637. The lowest BCUT2D eigenvalue weighted by molar-refractivity contribution is -0.113. The number of carbonyl (C=O) groups excluding carboxylic acids is 1. The van der Waals surface area contributed by atoms with E-state index < -0.39 is 8.07 Å². The lowest BCUT2D eigenvalue weighted by Gasteiger charge is -2.25. The van der Waals surface area contributed by atoms with Gasteiger partial charge in [0.25, 0.3) is 0 Å². The summed E-state index contributed by atoms with van der Waals surface area (Å²) in [5, 5.41) is 0.637. The highest BCUT2D eigenvalue weighted by molar-refractivity contribution is 7.05. The van der Waals surface area contributed by atoms with Crippen molar-refractivity contribution in [2.75, 3.05) is 0 Å². The number of rotatable bonds is 8. The summed E-state index contributed by atoms with van der Waals surface area (Å²) in [6.07, 6.45) is 4.40. The molecule has 0 aromatic heterocycles. The molecule has 0 radical (unpaired) electrons. The molecule has 0 spiro atoms. The summed E-state index contributed by atoms with van der Waals surface area (Å²) in [7, 11) is -1.51. The highest BCUT2D eigenvalue weighted by atomic mass is 28.3. The molecule has 14 heavy (non-hydrogen) atoms. The fourth-order valence-corrected chi connectivity index (χ4v) is 5.53. The fraction of sp³-hybridized carbons (Fsp3) is 0.917. The van der Waals surface area contributed by atoms with E-state index in [0.29, 0.717) is 5.41 Å². The standard InChI is InChI=1S/C12H26OSi/c1-5-9-10-11-12(13)14(6-2,7-3)8-4/h5-11H2,1-4H3. The molecule has 84 valence electrons. The van der Waals surface area contributed by atoms with Crippen LogP contribution >= 0.6 is 0 Å². The van der Waals surface area contributed by atoms with Crippen LogP contribution in [0.4, 0.5) is 0 Å². The lowest BCUT2D eigenvalue weighted by atomic mass is 10.2. The van der Waals surface area contributed by atoms with E-state index >= 15 is 0 Å². The number of hydrogen-bond donors (Lipinski definition) is 0. The van der Waals surface area contributed by atoms with Gasteiger partial charge in [0, 0.05) is 6.42 Å². The highest BCUT2D eigenvalue weighted by Crippen LogP contribution is 2.23. The molecular formula is C12H26OSi. The zero-order valence-electron chi connectivity index (χ0n) is 10.4. The summed E-state index contributed by atoms with van der Waals surface area (Å²) in [4.78, 5) is 12.1. The van der Waals surface area contributed by atoms with E-state index in [1.165, 1.54) is 12.8 Å². The zero-order valence-corrected chi connectivity index (χ0v) is 11.4. The van der Waals surface area contributed by atoms with E-state index in [4.69, 9.17) is 0 Å². The molecule has 0 aliphatic rings. The first-order valence-corrected chi connectivity index (χ1v) is 8.82. The van der Waals surface area contributed by atoms with Gasteiger partial charge in [-0.3, -0.25) is 0 Å². The first-order valence-electron chi connectivity index (χ1n) is 6.20. The van der Waals surface area contributed by atoms with Crippen LogP contribution in [0, 0.1) is 0 Å². The topological polar surface area (TPSA) is 17.1 Å². The third-order valence-corrected chi connectivity index (χ3v) is 9.12. The lowest BCUT2D eigenvalue weighted by Crippen LogP contribution is -2.41. The Balaban J connectivity index is 4.15. The molecule has 0 saturated carbocycles. The fourth-order valence-electron chi connectivity index (χ4n) is 2.14. The van der Waals surface area contributed by atoms with Crippen LogP contribution < -0.4 is 0 Å². The molecule has 0 aromatic carbocycles. The first kappa shape index (κ1) is 13.9. The second kappa shape index (κ2) is 7.21. The molecule has 0 aliphatic carbocycles. The molecule has 0 saturated heterocycles. The van der Waals surface area contributed by atoms with E-state index in [2.05, 4.69) is 27.7 Å². The van der Waals surface area contributed by atoms with Gasteiger partial charge in [0.15, 0.2) is 0 Å². The Morgan fingerprint density at radius 1 is 0.929 bits per heavy atom. The van der Waals surface area contributed by atoms with Crippen molar-refractivity contribution < 1.29 is 4.79 Å².